The maximum Gasteiger partial charge on any atom is 0.149 e. The average molecular weight is 246 g/mol. The minimum absolute atomic E-state index is 0.126. The van der Waals surface area contributed by atoms with Gasteiger partial charge in [-0.3, -0.25) is 0 Å². The molecule has 0 spiro atoms. The van der Waals surface area contributed by atoms with Crippen LogP contribution < -0.4 is 0 Å². The molecule has 0 aliphatic rings. The largest absolute Gasteiger partial charge is 0.242 e. The molecule has 0 saturated heterocycles. The lowest BCUT2D eigenvalue weighted by atomic mass is 10.1. The van der Waals surface area contributed by atoms with E-state index in [1.54, 1.807) is 0 Å². The molecule has 0 atom stereocenters. The minimum Gasteiger partial charge on any atom is -0.242 e. The fourth-order valence-electron chi connectivity index (χ4n) is 1.35. The minimum atomic E-state index is -0.536. The van der Waals surface area contributed by atoms with E-state index in [9.17, 15) is 8.78 Å². The van der Waals surface area contributed by atoms with E-state index >= 15 is 0 Å². The third kappa shape index (κ3) is 3.11. The topological polar surface area (TPSA) is 36.7 Å². The SMILES string of the molecule is CC.N#Cc1cc(-c2ccc(F)cc2)c(F)cn1. The zero-order valence-corrected chi connectivity index (χ0v) is 10.1. The molecule has 0 aliphatic carbocycles. The predicted molar refractivity (Wildman–Crippen MR) is 65.7 cm³/mol. The van der Waals surface area contributed by atoms with Gasteiger partial charge in [0.05, 0.1) is 6.20 Å². The summed E-state index contributed by atoms with van der Waals surface area (Å²) in [7, 11) is 0. The zero-order valence-electron chi connectivity index (χ0n) is 10.1. The van der Waals surface area contributed by atoms with E-state index in [-0.39, 0.29) is 11.3 Å². The Morgan fingerprint density at radius 3 is 2.28 bits per heavy atom. The van der Waals surface area contributed by atoms with Crippen LogP contribution >= 0.6 is 0 Å². The number of aromatic nitrogens is 1. The van der Waals surface area contributed by atoms with E-state index in [0.717, 1.165) is 6.20 Å². The number of nitrogens with zero attached hydrogens (tertiary/aromatic N) is 2. The molecule has 0 aliphatic heterocycles. The lowest BCUT2D eigenvalue weighted by molar-refractivity contribution is 0.622. The summed E-state index contributed by atoms with van der Waals surface area (Å²) in [6.07, 6.45) is 0.983. The van der Waals surface area contributed by atoms with Crippen molar-refractivity contribution in [3.8, 4) is 17.2 Å². The first-order valence-electron chi connectivity index (χ1n) is 5.52. The fraction of sp³-hybridized carbons (Fsp3) is 0.143. The first-order chi connectivity index (χ1) is 8.70. The summed E-state index contributed by atoms with van der Waals surface area (Å²) in [5, 5.41) is 8.65. The number of rotatable bonds is 1. The van der Waals surface area contributed by atoms with Crippen molar-refractivity contribution in [2.24, 2.45) is 0 Å². The van der Waals surface area contributed by atoms with Crippen LogP contribution in [-0.2, 0) is 0 Å². The summed E-state index contributed by atoms with van der Waals surface area (Å²) in [4.78, 5) is 3.59. The molecular weight excluding hydrogens is 234 g/mol. The van der Waals surface area contributed by atoms with Crippen LogP contribution in [0.25, 0.3) is 11.1 Å². The first kappa shape index (κ1) is 13.8. The first-order valence-corrected chi connectivity index (χ1v) is 5.52. The molecule has 1 heterocycles. The highest BCUT2D eigenvalue weighted by Crippen LogP contribution is 2.22. The van der Waals surface area contributed by atoms with Crippen LogP contribution in [0.3, 0.4) is 0 Å². The summed E-state index contributed by atoms with van der Waals surface area (Å²) >= 11 is 0. The molecule has 0 bridgehead atoms. The molecule has 1 aromatic heterocycles. The Morgan fingerprint density at radius 2 is 1.72 bits per heavy atom. The summed E-state index contributed by atoms with van der Waals surface area (Å²) in [5.74, 6) is -0.927. The van der Waals surface area contributed by atoms with Crippen molar-refractivity contribution in [2.45, 2.75) is 13.8 Å². The van der Waals surface area contributed by atoms with Gasteiger partial charge in [0.1, 0.15) is 23.4 Å². The second-order valence-electron chi connectivity index (χ2n) is 3.17. The van der Waals surface area contributed by atoms with Gasteiger partial charge in [0.2, 0.25) is 0 Å². The van der Waals surface area contributed by atoms with Gasteiger partial charge in [0.15, 0.2) is 0 Å². The number of hydrogen-bond donors (Lipinski definition) is 0. The second-order valence-corrected chi connectivity index (χ2v) is 3.17. The molecule has 0 radical (unpaired) electrons. The van der Waals surface area contributed by atoms with Gasteiger partial charge in [-0.15, -0.1) is 0 Å². The van der Waals surface area contributed by atoms with Crippen LogP contribution in [0.5, 0.6) is 0 Å². The van der Waals surface area contributed by atoms with Gasteiger partial charge in [-0.05, 0) is 23.8 Å². The standard InChI is InChI=1S/C12H6F2N2.C2H6/c13-9-3-1-8(2-4-9)11-5-10(6-15)16-7-12(11)14;1-2/h1-5,7H;1-2H3. The lowest BCUT2D eigenvalue weighted by Crippen LogP contribution is -1.90. The van der Waals surface area contributed by atoms with Gasteiger partial charge in [-0.25, -0.2) is 13.8 Å². The maximum atomic E-state index is 13.4. The maximum absolute atomic E-state index is 13.4. The zero-order chi connectivity index (χ0) is 13.5. The molecule has 2 nitrogen and oxygen atoms in total. The quantitative estimate of drug-likeness (QED) is 0.764. The predicted octanol–water partition coefficient (Wildman–Crippen LogP) is 3.92. The Balaban J connectivity index is 0.000000771. The van der Waals surface area contributed by atoms with Gasteiger partial charge < -0.3 is 0 Å². The Morgan fingerprint density at radius 1 is 1.11 bits per heavy atom. The van der Waals surface area contributed by atoms with Gasteiger partial charge >= 0.3 is 0 Å². The molecular formula is C14H12F2N2. The van der Waals surface area contributed by atoms with Crippen molar-refractivity contribution in [3.05, 3.63) is 53.9 Å². The van der Waals surface area contributed by atoms with Crippen molar-refractivity contribution < 1.29 is 8.78 Å². The molecule has 2 rings (SSSR count). The van der Waals surface area contributed by atoms with Crippen molar-refractivity contribution in [1.29, 1.82) is 5.26 Å². The van der Waals surface area contributed by atoms with Gasteiger partial charge in [-0.2, -0.15) is 5.26 Å². The summed E-state index contributed by atoms with van der Waals surface area (Å²) in [5.41, 5.74) is 0.880. The molecule has 4 heteroatoms. The van der Waals surface area contributed by atoms with E-state index in [2.05, 4.69) is 4.98 Å². The highest BCUT2D eigenvalue weighted by molar-refractivity contribution is 5.64. The monoisotopic (exact) mass is 246 g/mol. The number of pyridine rings is 1. The molecule has 0 amide bonds. The highest BCUT2D eigenvalue weighted by atomic mass is 19.1. The number of nitriles is 1. The van der Waals surface area contributed by atoms with Crippen LogP contribution in [0.15, 0.2) is 36.5 Å². The van der Waals surface area contributed by atoms with E-state index in [1.807, 2.05) is 19.9 Å². The van der Waals surface area contributed by atoms with E-state index in [1.165, 1.54) is 30.3 Å². The van der Waals surface area contributed by atoms with Gasteiger partial charge in [0.25, 0.3) is 0 Å². The normalized spacial score (nSPS) is 9.06. The summed E-state index contributed by atoms with van der Waals surface area (Å²) in [6, 6.07) is 8.54. The molecule has 0 unspecified atom stereocenters. The van der Waals surface area contributed by atoms with Crippen LogP contribution in [0, 0.1) is 23.0 Å². The van der Waals surface area contributed by atoms with Gasteiger partial charge in [-0.1, -0.05) is 26.0 Å². The Kier molecular flexibility index (Phi) is 4.94. The van der Waals surface area contributed by atoms with Crippen LogP contribution in [0.2, 0.25) is 0 Å². The molecule has 2 aromatic rings. The lowest BCUT2D eigenvalue weighted by Gasteiger charge is -2.03. The smallest absolute Gasteiger partial charge is 0.149 e. The Labute approximate surface area is 105 Å². The third-order valence-corrected chi connectivity index (χ3v) is 2.13. The van der Waals surface area contributed by atoms with Crippen molar-refractivity contribution in [1.82, 2.24) is 4.98 Å². The Bertz CT molecular complexity index is 557. The number of hydrogen-bond acceptors (Lipinski definition) is 2. The van der Waals surface area contributed by atoms with Crippen molar-refractivity contribution in [2.75, 3.05) is 0 Å². The van der Waals surface area contributed by atoms with Crippen LogP contribution in [0.4, 0.5) is 8.78 Å². The molecule has 0 N–H and O–H groups in total. The molecule has 92 valence electrons. The second kappa shape index (κ2) is 6.45. The van der Waals surface area contributed by atoms with E-state index in [4.69, 9.17) is 5.26 Å². The van der Waals surface area contributed by atoms with Crippen molar-refractivity contribution >= 4 is 0 Å². The van der Waals surface area contributed by atoms with E-state index < -0.39 is 11.6 Å². The number of halogens is 2. The van der Waals surface area contributed by atoms with E-state index in [0.29, 0.717) is 5.56 Å². The molecule has 1 aromatic carbocycles. The molecule has 18 heavy (non-hydrogen) atoms. The van der Waals surface area contributed by atoms with Crippen LogP contribution in [0.1, 0.15) is 19.5 Å². The molecule has 0 saturated carbocycles. The Hall–Kier alpha value is -2.28. The highest BCUT2D eigenvalue weighted by Gasteiger charge is 2.07. The number of benzene rings is 1. The van der Waals surface area contributed by atoms with Gasteiger partial charge in [0, 0.05) is 5.56 Å². The fourth-order valence-corrected chi connectivity index (χ4v) is 1.35. The van der Waals surface area contributed by atoms with Crippen molar-refractivity contribution in [3.63, 3.8) is 0 Å². The summed E-state index contributed by atoms with van der Waals surface area (Å²) in [6.45, 7) is 4.00. The molecule has 0 fully saturated rings. The van der Waals surface area contributed by atoms with Crippen LogP contribution in [-0.4, -0.2) is 4.98 Å². The third-order valence-electron chi connectivity index (χ3n) is 2.13. The average Bonchev–Trinajstić information content (AvgIpc) is 2.43. The summed E-state index contributed by atoms with van der Waals surface area (Å²) < 4.78 is 26.1.